The highest BCUT2D eigenvalue weighted by molar-refractivity contribution is 7.89. The Hall–Kier alpha value is -3.56. The number of likely N-dealkylation sites (N-methyl/N-ethyl adjacent to an activating group) is 1. The van der Waals surface area contributed by atoms with E-state index in [9.17, 15) is 30.4 Å². The second kappa shape index (κ2) is 13.2. The molecule has 3 N–H and O–H groups in total. The first-order valence-electron chi connectivity index (χ1n) is 12.7. The van der Waals surface area contributed by atoms with Gasteiger partial charge < -0.3 is 20.1 Å². The average Bonchev–Trinajstić information content (AvgIpc) is 2.92. The van der Waals surface area contributed by atoms with Crippen LogP contribution in [0.2, 0.25) is 0 Å². The van der Waals surface area contributed by atoms with Crippen LogP contribution < -0.4 is 14.8 Å². The molecule has 1 heterocycles. The monoisotopic (exact) mass is 618 g/mol. The molecule has 9 nitrogen and oxygen atoms in total. The molecule has 2 unspecified atom stereocenters. The largest absolute Gasteiger partial charge is 0.497 e. The lowest BCUT2D eigenvalue weighted by Gasteiger charge is -2.36. The molecule has 1 saturated carbocycles. The van der Waals surface area contributed by atoms with Gasteiger partial charge in [0.1, 0.15) is 16.5 Å². The first kappa shape index (κ1) is 32.9. The summed E-state index contributed by atoms with van der Waals surface area (Å²) in [7, 11) is 1.37. The van der Waals surface area contributed by atoms with Gasteiger partial charge in [0.15, 0.2) is 0 Å². The van der Waals surface area contributed by atoms with Crippen molar-refractivity contribution in [1.29, 1.82) is 0 Å². The number of ether oxygens (including phenoxy) is 1. The Morgan fingerprint density at radius 3 is 2.38 bits per heavy atom. The van der Waals surface area contributed by atoms with Crippen molar-refractivity contribution in [2.24, 2.45) is 5.92 Å². The van der Waals surface area contributed by atoms with Crippen molar-refractivity contribution < 1.29 is 45.0 Å². The first-order chi connectivity index (χ1) is 19.5. The predicted molar refractivity (Wildman–Crippen MR) is 146 cm³/mol. The molecule has 15 heteroatoms. The third-order valence-corrected chi connectivity index (χ3v) is 8.17. The SMILES string of the molecule is COc1cccc(C(CNc2nc3ccccc3cc2S(=O)(=O)NCC2CCC2(F)F)N(C)C)c1.O=C(O)C(F)(F)F. The Bertz CT molecular complexity index is 1500. The number of sulfonamides is 1. The average molecular weight is 619 g/mol. The number of fused-ring (bicyclic) bond motifs is 1. The molecular weight excluding hydrogens is 587 g/mol. The summed E-state index contributed by atoms with van der Waals surface area (Å²) in [5.74, 6) is -5.69. The van der Waals surface area contributed by atoms with Crippen LogP contribution in [0.1, 0.15) is 24.4 Å². The maximum Gasteiger partial charge on any atom is 0.490 e. The van der Waals surface area contributed by atoms with Gasteiger partial charge >= 0.3 is 12.1 Å². The van der Waals surface area contributed by atoms with Crippen LogP contribution in [-0.4, -0.2) is 75.8 Å². The van der Waals surface area contributed by atoms with E-state index in [4.69, 9.17) is 14.6 Å². The van der Waals surface area contributed by atoms with Crippen molar-refractivity contribution in [2.75, 3.05) is 39.6 Å². The number of aromatic nitrogens is 1. The van der Waals surface area contributed by atoms with E-state index in [1.165, 1.54) is 6.07 Å². The summed E-state index contributed by atoms with van der Waals surface area (Å²) in [6.07, 6.45) is -5.00. The van der Waals surface area contributed by atoms with E-state index in [-0.39, 0.29) is 29.7 Å². The fourth-order valence-electron chi connectivity index (χ4n) is 4.17. The smallest absolute Gasteiger partial charge is 0.490 e. The van der Waals surface area contributed by atoms with Gasteiger partial charge in [0, 0.05) is 30.8 Å². The molecule has 3 aromatic rings. The van der Waals surface area contributed by atoms with E-state index in [1.807, 2.05) is 49.3 Å². The molecule has 0 aliphatic heterocycles. The number of aliphatic carboxylic acids is 1. The van der Waals surface area contributed by atoms with Gasteiger partial charge in [0.2, 0.25) is 10.0 Å². The molecule has 1 aliphatic rings. The van der Waals surface area contributed by atoms with Crippen molar-refractivity contribution in [3.63, 3.8) is 0 Å². The van der Waals surface area contributed by atoms with E-state index >= 15 is 0 Å². The molecule has 0 saturated heterocycles. The maximum atomic E-state index is 13.7. The molecule has 1 fully saturated rings. The number of rotatable bonds is 10. The van der Waals surface area contributed by atoms with Crippen molar-refractivity contribution >= 4 is 32.7 Å². The molecule has 0 radical (unpaired) electrons. The molecule has 230 valence electrons. The normalized spacial score (nSPS) is 17.1. The van der Waals surface area contributed by atoms with Crippen molar-refractivity contribution in [3.05, 3.63) is 60.2 Å². The number of halogens is 5. The van der Waals surface area contributed by atoms with Gasteiger partial charge in [0.25, 0.3) is 5.92 Å². The minimum Gasteiger partial charge on any atom is -0.497 e. The summed E-state index contributed by atoms with van der Waals surface area (Å²) < 4.78 is 93.3. The Kier molecular flexibility index (Phi) is 10.3. The fraction of sp³-hybridized carbons (Fsp3) is 0.407. The van der Waals surface area contributed by atoms with E-state index in [2.05, 4.69) is 15.0 Å². The van der Waals surface area contributed by atoms with Gasteiger partial charge in [-0.1, -0.05) is 30.3 Å². The van der Waals surface area contributed by atoms with Crippen LogP contribution in [0.15, 0.2) is 59.5 Å². The molecule has 2 atom stereocenters. The van der Waals surface area contributed by atoms with E-state index in [0.29, 0.717) is 23.9 Å². The third-order valence-electron chi connectivity index (χ3n) is 6.73. The van der Waals surface area contributed by atoms with Crippen molar-refractivity contribution in [2.45, 2.75) is 35.9 Å². The minimum atomic E-state index is -5.08. The highest BCUT2D eigenvalue weighted by Crippen LogP contribution is 2.43. The molecule has 42 heavy (non-hydrogen) atoms. The van der Waals surface area contributed by atoms with E-state index in [0.717, 1.165) is 11.3 Å². The Morgan fingerprint density at radius 2 is 1.83 bits per heavy atom. The minimum absolute atomic E-state index is 0.0676. The van der Waals surface area contributed by atoms with Gasteiger partial charge in [-0.05, 0) is 50.3 Å². The number of pyridine rings is 1. The van der Waals surface area contributed by atoms with Gasteiger partial charge in [-0.3, -0.25) is 0 Å². The zero-order chi connectivity index (χ0) is 31.3. The van der Waals surface area contributed by atoms with Gasteiger partial charge in [-0.2, -0.15) is 13.2 Å². The number of carboxylic acid groups (broad SMARTS) is 1. The fourth-order valence-corrected chi connectivity index (χ4v) is 5.41. The number of hydrogen-bond donors (Lipinski definition) is 3. The molecule has 4 rings (SSSR count). The quantitative estimate of drug-likeness (QED) is 0.274. The zero-order valence-electron chi connectivity index (χ0n) is 23.0. The first-order valence-corrected chi connectivity index (χ1v) is 14.1. The number of alkyl halides is 5. The molecule has 1 aliphatic carbocycles. The highest BCUT2D eigenvalue weighted by Gasteiger charge is 2.48. The van der Waals surface area contributed by atoms with Gasteiger partial charge in [-0.25, -0.2) is 31.7 Å². The molecule has 1 aromatic heterocycles. The number of carboxylic acids is 1. The van der Waals surface area contributed by atoms with Crippen LogP contribution in [0, 0.1) is 5.92 Å². The number of hydrogen-bond acceptors (Lipinski definition) is 7. The predicted octanol–water partition coefficient (Wildman–Crippen LogP) is 4.92. The topological polar surface area (TPSA) is 121 Å². The second-order valence-corrected chi connectivity index (χ2v) is 11.6. The highest BCUT2D eigenvalue weighted by atomic mass is 32.2. The lowest BCUT2D eigenvalue weighted by molar-refractivity contribution is -0.192. The van der Waals surface area contributed by atoms with Crippen LogP contribution in [0.25, 0.3) is 10.9 Å². The number of carbonyl (C=O) groups is 1. The number of para-hydroxylation sites is 1. The van der Waals surface area contributed by atoms with E-state index < -0.39 is 34.0 Å². The van der Waals surface area contributed by atoms with E-state index in [1.54, 1.807) is 25.3 Å². The number of benzene rings is 2. The van der Waals surface area contributed by atoms with Gasteiger partial charge in [0.05, 0.1) is 18.7 Å². The van der Waals surface area contributed by atoms with Crippen LogP contribution in [0.3, 0.4) is 0 Å². The Morgan fingerprint density at radius 1 is 1.17 bits per heavy atom. The molecular formula is C27H31F5N4O5S. The van der Waals surface area contributed by atoms with Crippen LogP contribution >= 0.6 is 0 Å². The lowest BCUT2D eigenvalue weighted by atomic mass is 9.81. The summed E-state index contributed by atoms with van der Waals surface area (Å²) in [6, 6.07) is 16.3. The van der Waals surface area contributed by atoms with Gasteiger partial charge in [-0.15, -0.1) is 0 Å². The summed E-state index contributed by atoms with van der Waals surface area (Å²) in [5, 5.41) is 11.0. The standard InChI is InChI=1S/C25H30F2N4O3S.C2HF3O2/c1-31(2)22(18-8-6-9-20(13-18)34-3)16-28-24-23(14-17-7-4-5-10-21(17)30-24)35(32,33)29-15-19-11-12-25(19,26)27;3-2(4,5)1(6)7/h4-10,13-14,19,22,29H,11-12,15-16H2,1-3H3,(H,28,30);(H,6,7). The molecule has 0 spiro atoms. The summed E-state index contributed by atoms with van der Waals surface area (Å²) in [4.78, 5) is 15.4. The molecule has 0 amide bonds. The maximum absolute atomic E-state index is 13.7. The van der Waals surface area contributed by atoms with Crippen molar-refractivity contribution in [1.82, 2.24) is 14.6 Å². The lowest BCUT2D eigenvalue weighted by Crippen LogP contribution is -2.46. The number of anilines is 1. The third kappa shape index (κ3) is 8.26. The van der Waals surface area contributed by atoms with Crippen LogP contribution in [0.4, 0.5) is 27.8 Å². The molecule has 2 aromatic carbocycles. The zero-order valence-corrected chi connectivity index (χ0v) is 23.8. The summed E-state index contributed by atoms with van der Waals surface area (Å²) in [5.41, 5.74) is 1.61. The summed E-state index contributed by atoms with van der Waals surface area (Å²) >= 11 is 0. The molecule has 0 bridgehead atoms. The Balaban J connectivity index is 0.000000616. The number of methoxy groups -OCH3 is 1. The Labute approximate surface area is 239 Å². The van der Waals surface area contributed by atoms with Crippen LogP contribution in [0.5, 0.6) is 5.75 Å². The summed E-state index contributed by atoms with van der Waals surface area (Å²) in [6.45, 7) is 0.0421. The second-order valence-electron chi connectivity index (χ2n) is 9.82. The number of nitrogens with one attached hydrogen (secondary N) is 2. The number of nitrogens with zero attached hydrogens (tertiary/aromatic N) is 2. The van der Waals surface area contributed by atoms with Crippen LogP contribution in [-0.2, 0) is 14.8 Å². The van der Waals surface area contributed by atoms with Crippen molar-refractivity contribution in [3.8, 4) is 5.75 Å².